The average molecular weight is 720 g/mol. The summed E-state index contributed by atoms with van der Waals surface area (Å²) in [5.74, 6) is 1.87. The fourth-order valence-corrected chi connectivity index (χ4v) is 8.63. The van der Waals surface area contributed by atoms with E-state index in [2.05, 4.69) is 198 Å². The molecule has 0 radical (unpaired) electrons. The molecule has 266 valence electrons. The van der Waals surface area contributed by atoms with Crippen LogP contribution in [-0.2, 0) is 0 Å². The summed E-state index contributed by atoms with van der Waals surface area (Å²) >= 11 is 0. The zero-order valence-corrected chi connectivity index (χ0v) is 30.6. The molecular formula is C52H37N3O. The second-order valence-corrected chi connectivity index (χ2v) is 14.7. The molecule has 9 aromatic rings. The van der Waals surface area contributed by atoms with Gasteiger partial charge in [-0.2, -0.15) is 0 Å². The van der Waals surface area contributed by atoms with E-state index in [1.807, 2.05) is 6.07 Å². The number of furan rings is 1. The van der Waals surface area contributed by atoms with Crippen molar-refractivity contribution in [3.63, 3.8) is 0 Å². The number of hydrogen-bond donors (Lipinski definition) is 1. The van der Waals surface area contributed by atoms with Gasteiger partial charge in [0.2, 0.25) is 0 Å². The van der Waals surface area contributed by atoms with Gasteiger partial charge in [0.05, 0.1) is 17.6 Å². The van der Waals surface area contributed by atoms with Gasteiger partial charge in [0, 0.05) is 38.5 Å². The Kier molecular flexibility index (Phi) is 7.66. The number of fused-ring (bicyclic) bond motifs is 6. The summed E-state index contributed by atoms with van der Waals surface area (Å²) in [5, 5.41) is 7.41. The van der Waals surface area contributed by atoms with E-state index in [9.17, 15) is 0 Å². The number of benzene rings is 7. The van der Waals surface area contributed by atoms with Gasteiger partial charge in [0.25, 0.3) is 0 Å². The van der Waals surface area contributed by atoms with Crippen LogP contribution in [0.25, 0.3) is 66.8 Å². The van der Waals surface area contributed by atoms with Crippen molar-refractivity contribution in [2.45, 2.75) is 18.5 Å². The Morgan fingerprint density at radius 3 is 1.88 bits per heavy atom. The number of aromatic nitrogens is 1. The molecule has 2 aliphatic rings. The van der Waals surface area contributed by atoms with Gasteiger partial charge in [-0.1, -0.05) is 170 Å². The third kappa shape index (κ3) is 5.49. The van der Waals surface area contributed by atoms with Crippen molar-refractivity contribution in [2.75, 3.05) is 0 Å². The second-order valence-electron chi connectivity index (χ2n) is 14.7. The highest BCUT2D eigenvalue weighted by Crippen LogP contribution is 2.43. The molecule has 0 spiro atoms. The van der Waals surface area contributed by atoms with Crippen LogP contribution in [0.1, 0.15) is 46.5 Å². The third-order valence-electron chi connectivity index (χ3n) is 11.4. The van der Waals surface area contributed by atoms with Crippen LogP contribution in [-0.4, -0.2) is 10.4 Å². The van der Waals surface area contributed by atoms with Crippen LogP contribution in [0.15, 0.2) is 197 Å². The number of hydrogen-bond acceptors (Lipinski definition) is 3. The van der Waals surface area contributed by atoms with Crippen LogP contribution >= 0.6 is 0 Å². The van der Waals surface area contributed by atoms with E-state index in [0.29, 0.717) is 0 Å². The van der Waals surface area contributed by atoms with E-state index in [0.717, 1.165) is 51.4 Å². The lowest BCUT2D eigenvalue weighted by Crippen LogP contribution is -2.27. The van der Waals surface area contributed by atoms with Crippen molar-refractivity contribution in [3.05, 3.63) is 216 Å². The van der Waals surface area contributed by atoms with Crippen molar-refractivity contribution >= 4 is 50.4 Å². The molecule has 4 heteroatoms. The zero-order valence-electron chi connectivity index (χ0n) is 30.6. The first-order valence-electron chi connectivity index (χ1n) is 19.3. The molecule has 7 aromatic carbocycles. The minimum absolute atomic E-state index is 0.0180. The number of nitrogens with zero attached hydrogens (tertiary/aromatic N) is 2. The van der Waals surface area contributed by atoms with E-state index in [4.69, 9.17) is 9.41 Å². The molecule has 3 heterocycles. The standard InChI is InChI=1S/C52H37N3O/c1-3-12-34(13-4-1)36-22-26-38(27-23-36)45-33-46(54-52(53-45)39-28-24-37(25-29-39)35-14-5-2-6-15-35)40-30-31-42-41-16-7-9-19-47(41)55(49(42)32-40)48-20-11-18-44-43-17-8-10-21-50(43)56-51(44)48/h1-19,21-33,45,48H,20H2,(H,53,54). The van der Waals surface area contributed by atoms with E-state index in [1.54, 1.807) is 0 Å². The topological polar surface area (TPSA) is 42.5 Å². The lowest BCUT2D eigenvalue weighted by atomic mass is 9.97. The maximum Gasteiger partial charge on any atom is 0.135 e. The maximum atomic E-state index is 6.66. The van der Waals surface area contributed by atoms with Gasteiger partial charge >= 0.3 is 0 Å². The van der Waals surface area contributed by atoms with Crippen LogP contribution < -0.4 is 5.32 Å². The highest BCUT2D eigenvalue weighted by atomic mass is 16.3. The van der Waals surface area contributed by atoms with Gasteiger partial charge < -0.3 is 14.3 Å². The maximum absolute atomic E-state index is 6.66. The fraction of sp³-hybridized carbons (Fsp3) is 0.0577. The minimum atomic E-state index is -0.178. The summed E-state index contributed by atoms with van der Waals surface area (Å²) in [6.45, 7) is 0. The molecule has 0 amide bonds. The average Bonchev–Trinajstić information content (AvgIpc) is 3.83. The lowest BCUT2D eigenvalue weighted by molar-refractivity contribution is 0.461. The minimum Gasteiger partial charge on any atom is -0.458 e. The van der Waals surface area contributed by atoms with E-state index in [-0.39, 0.29) is 12.1 Å². The number of amidine groups is 1. The van der Waals surface area contributed by atoms with Crippen LogP contribution in [0.2, 0.25) is 0 Å². The van der Waals surface area contributed by atoms with Crippen molar-refractivity contribution < 1.29 is 4.42 Å². The normalized spacial score (nSPS) is 16.4. The molecule has 0 bridgehead atoms. The van der Waals surface area contributed by atoms with Gasteiger partial charge in [0.15, 0.2) is 0 Å². The number of nitrogens with one attached hydrogen (secondary N) is 1. The van der Waals surface area contributed by atoms with E-state index >= 15 is 0 Å². The third-order valence-corrected chi connectivity index (χ3v) is 11.4. The van der Waals surface area contributed by atoms with E-state index in [1.165, 1.54) is 49.6 Å². The monoisotopic (exact) mass is 719 g/mol. The SMILES string of the molecule is C1=Cc2c(oc3ccccc23)C(n2c3ccccc3c3ccc(C4=CC(c5ccc(-c6ccccc6)cc5)N=C(c5ccc(-c6ccccc6)cc5)N4)cc32)C1. The molecule has 2 atom stereocenters. The van der Waals surface area contributed by atoms with Gasteiger partial charge in [-0.25, -0.2) is 0 Å². The molecule has 11 rings (SSSR count). The van der Waals surface area contributed by atoms with Crippen LogP contribution in [0.4, 0.5) is 0 Å². The number of aliphatic imine (C=N–C) groups is 1. The first-order valence-corrected chi connectivity index (χ1v) is 19.3. The smallest absolute Gasteiger partial charge is 0.135 e. The van der Waals surface area contributed by atoms with Crippen LogP contribution in [0, 0.1) is 0 Å². The lowest BCUT2D eigenvalue weighted by Gasteiger charge is -2.24. The fourth-order valence-electron chi connectivity index (χ4n) is 8.63. The van der Waals surface area contributed by atoms with Gasteiger partial charge in [-0.15, -0.1) is 0 Å². The molecule has 1 aliphatic carbocycles. The van der Waals surface area contributed by atoms with Crippen molar-refractivity contribution in [1.82, 2.24) is 9.88 Å². The van der Waals surface area contributed by atoms with Gasteiger partial charge in [-0.3, -0.25) is 4.99 Å². The molecule has 0 saturated carbocycles. The molecule has 2 unspecified atom stereocenters. The van der Waals surface area contributed by atoms with Crippen LogP contribution in [0.3, 0.4) is 0 Å². The molecule has 1 N–H and O–H groups in total. The molecule has 0 saturated heterocycles. The Bertz CT molecular complexity index is 3000. The van der Waals surface area contributed by atoms with Crippen molar-refractivity contribution in [2.24, 2.45) is 4.99 Å². The van der Waals surface area contributed by atoms with Crippen molar-refractivity contribution in [1.29, 1.82) is 0 Å². The summed E-state index contributed by atoms with van der Waals surface area (Å²) in [5.41, 5.74) is 13.6. The Balaban J connectivity index is 1.03. The Morgan fingerprint density at radius 2 is 1.12 bits per heavy atom. The number of rotatable bonds is 6. The van der Waals surface area contributed by atoms with E-state index < -0.39 is 0 Å². The highest BCUT2D eigenvalue weighted by molar-refractivity contribution is 6.10. The predicted octanol–water partition coefficient (Wildman–Crippen LogP) is 13.0. The summed E-state index contributed by atoms with van der Waals surface area (Å²) in [4.78, 5) is 5.34. The molecule has 0 fully saturated rings. The predicted molar refractivity (Wildman–Crippen MR) is 232 cm³/mol. The summed E-state index contributed by atoms with van der Waals surface area (Å²) < 4.78 is 9.16. The largest absolute Gasteiger partial charge is 0.458 e. The Hall–Kier alpha value is -7.17. The first kappa shape index (κ1) is 32.3. The first-order chi connectivity index (χ1) is 27.7. The molecule has 2 aromatic heterocycles. The summed E-state index contributed by atoms with van der Waals surface area (Å²) in [6, 6.07) is 62.5. The number of para-hydroxylation sites is 2. The van der Waals surface area contributed by atoms with Gasteiger partial charge in [0.1, 0.15) is 17.2 Å². The molecule has 1 aliphatic heterocycles. The number of allylic oxidation sites excluding steroid dienone is 1. The summed E-state index contributed by atoms with van der Waals surface area (Å²) in [7, 11) is 0. The quantitative estimate of drug-likeness (QED) is 0.186. The van der Waals surface area contributed by atoms with Crippen LogP contribution in [0.5, 0.6) is 0 Å². The Labute approximate surface area is 325 Å². The summed E-state index contributed by atoms with van der Waals surface area (Å²) in [6.07, 6.45) is 7.65. The molecule has 56 heavy (non-hydrogen) atoms. The molecular weight excluding hydrogens is 683 g/mol. The Morgan fingerprint density at radius 1 is 0.536 bits per heavy atom. The molecule has 4 nitrogen and oxygen atoms in total. The van der Waals surface area contributed by atoms with Crippen molar-refractivity contribution in [3.8, 4) is 22.3 Å². The second kappa shape index (κ2) is 13.3. The van der Waals surface area contributed by atoms with Gasteiger partial charge in [-0.05, 0) is 64.1 Å². The highest BCUT2D eigenvalue weighted by Gasteiger charge is 2.28. The zero-order chi connectivity index (χ0) is 37.0.